The molecule has 0 aromatic rings. The van der Waals surface area contributed by atoms with Gasteiger partial charge in [-0.2, -0.15) is 0 Å². The van der Waals surface area contributed by atoms with E-state index in [1.807, 2.05) is 0 Å². The van der Waals surface area contributed by atoms with Gasteiger partial charge in [0, 0.05) is 25.7 Å². The van der Waals surface area contributed by atoms with Crippen LogP contribution in [0.5, 0.6) is 0 Å². The predicted molar refractivity (Wildman–Crippen MR) is 465 cm³/mol. The first-order chi connectivity index (χ1) is 54.4. The molecule has 0 heterocycles. The molecule has 0 aliphatic carbocycles. The lowest BCUT2D eigenvalue weighted by Gasteiger charge is -2.21. The van der Waals surface area contributed by atoms with E-state index >= 15 is 0 Å². The first kappa shape index (κ1) is 110. The molecule has 0 radical (unpaired) electrons. The molecule has 0 aromatic heterocycles. The van der Waals surface area contributed by atoms with Crippen LogP contribution in [0.4, 0.5) is 0 Å². The van der Waals surface area contributed by atoms with Gasteiger partial charge in [-0.1, -0.05) is 452 Å². The van der Waals surface area contributed by atoms with Crippen molar-refractivity contribution < 1.29 is 80.2 Å². The van der Waals surface area contributed by atoms with Gasteiger partial charge in [0.05, 0.1) is 26.4 Å². The lowest BCUT2D eigenvalue weighted by Crippen LogP contribution is -2.30. The molecule has 666 valence electrons. The van der Waals surface area contributed by atoms with E-state index in [2.05, 4.69) is 41.5 Å². The Kier molecular flexibility index (Phi) is 82.6. The largest absolute Gasteiger partial charge is 0.472 e. The van der Waals surface area contributed by atoms with Crippen LogP contribution in [0.15, 0.2) is 0 Å². The summed E-state index contributed by atoms with van der Waals surface area (Å²) in [6, 6.07) is 0. The summed E-state index contributed by atoms with van der Waals surface area (Å²) < 4.78 is 69.1. The van der Waals surface area contributed by atoms with Crippen LogP contribution >= 0.6 is 15.6 Å². The Morgan fingerprint density at radius 3 is 0.607 bits per heavy atom. The number of unbranched alkanes of at least 4 members (excludes halogenated alkanes) is 62. The molecule has 3 N–H and O–H groups in total. The summed E-state index contributed by atoms with van der Waals surface area (Å²) in [7, 11) is -9.94. The molecule has 0 fully saturated rings. The van der Waals surface area contributed by atoms with Crippen LogP contribution in [0.2, 0.25) is 0 Å². The molecule has 0 amide bonds. The second-order valence-electron chi connectivity index (χ2n) is 34.4. The van der Waals surface area contributed by atoms with Gasteiger partial charge in [0.15, 0.2) is 12.2 Å². The third kappa shape index (κ3) is 85.9. The average Bonchev–Trinajstić information content (AvgIpc) is 0.899. The van der Waals surface area contributed by atoms with Crippen molar-refractivity contribution in [1.29, 1.82) is 0 Å². The number of carbonyl (C=O) groups is 4. The normalized spacial score (nSPS) is 13.7. The van der Waals surface area contributed by atoms with E-state index in [1.54, 1.807) is 0 Å². The Balaban J connectivity index is 5.23. The number of aliphatic hydroxyl groups excluding tert-OH is 1. The topological polar surface area (TPSA) is 237 Å². The Hall–Kier alpha value is -1.94. The van der Waals surface area contributed by atoms with Crippen molar-refractivity contribution in [2.45, 2.75) is 522 Å². The van der Waals surface area contributed by atoms with Crippen LogP contribution in [0.25, 0.3) is 0 Å². The van der Waals surface area contributed by atoms with Gasteiger partial charge in [-0.05, 0) is 37.5 Å². The maximum absolute atomic E-state index is 13.2. The van der Waals surface area contributed by atoms with Crippen molar-refractivity contribution in [2.24, 2.45) is 11.8 Å². The van der Waals surface area contributed by atoms with Crippen LogP contribution in [-0.2, 0) is 65.4 Å². The van der Waals surface area contributed by atoms with Gasteiger partial charge in [0.25, 0.3) is 0 Å². The lowest BCUT2D eigenvalue weighted by molar-refractivity contribution is -0.161. The maximum Gasteiger partial charge on any atom is 0.472 e. The summed E-state index contributed by atoms with van der Waals surface area (Å²) in [6.45, 7) is 9.70. The fourth-order valence-corrected chi connectivity index (χ4v) is 16.2. The number of hydrogen-bond donors (Lipinski definition) is 3. The van der Waals surface area contributed by atoms with Gasteiger partial charge in [-0.3, -0.25) is 37.3 Å². The van der Waals surface area contributed by atoms with Gasteiger partial charge in [-0.15, -0.1) is 0 Å². The lowest BCUT2D eigenvalue weighted by atomic mass is 10.0. The molecule has 0 rings (SSSR count). The van der Waals surface area contributed by atoms with E-state index in [-0.39, 0.29) is 25.7 Å². The molecule has 19 heteroatoms. The Morgan fingerprint density at radius 2 is 0.411 bits per heavy atom. The SMILES string of the molecule is CCCCCCCCCCCCCCCCCCCCCCCCC(=O)OC[C@H](COP(=O)(O)OC[C@@H](O)COP(=O)(O)OC[C@@H](COC(=O)CCCCCCCCCCCC(C)C)OC(=O)CCCCCCCCCCCCCCCC(C)C)OC(=O)CCCCCCCCCCCCCCCCCCCCCCCC. The molecule has 0 aromatic carbocycles. The maximum atomic E-state index is 13.2. The highest BCUT2D eigenvalue weighted by Gasteiger charge is 2.31. The number of hydrogen-bond acceptors (Lipinski definition) is 15. The van der Waals surface area contributed by atoms with Gasteiger partial charge in [-0.25, -0.2) is 9.13 Å². The number of ether oxygens (including phenoxy) is 4. The van der Waals surface area contributed by atoms with Crippen molar-refractivity contribution >= 4 is 39.5 Å². The average molecular weight is 1630 g/mol. The fourth-order valence-electron chi connectivity index (χ4n) is 14.7. The minimum Gasteiger partial charge on any atom is -0.462 e. The molecule has 0 saturated carbocycles. The zero-order valence-corrected chi connectivity index (χ0v) is 75.8. The Morgan fingerprint density at radius 1 is 0.241 bits per heavy atom. The zero-order valence-electron chi connectivity index (χ0n) is 74.0. The van der Waals surface area contributed by atoms with Crippen molar-refractivity contribution in [2.75, 3.05) is 39.6 Å². The van der Waals surface area contributed by atoms with Crippen LogP contribution in [-0.4, -0.2) is 96.7 Å². The van der Waals surface area contributed by atoms with Crippen LogP contribution < -0.4 is 0 Å². The van der Waals surface area contributed by atoms with E-state index in [9.17, 15) is 43.2 Å². The third-order valence-corrected chi connectivity index (χ3v) is 23.9. The molecule has 0 aliphatic rings. The van der Waals surface area contributed by atoms with Gasteiger partial charge >= 0.3 is 39.5 Å². The predicted octanol–water partition coefficient (Wildman–Crippen LogP) is 29.0. The highest BCUT2D eigenvalue weighted by atomic mass is 31.2. The molecule has 5 atom stereocenters. The monoisotopic (exact) mass is 1630 g/mol. The van der Waals surface area contributed by atoms with E-state index in [0.29, 0.717) is 25.7 Å². The quantitative estimate of drug-likeness (QED) is 0.0222. The van der Waals surface area contributed by atoms with Crippen molar-refractivity contribution in [1.82, 2.24) is 0 Å². The van der Waals surface area contributed by atoms with E-state index in [1.165, 1.54) is 321 Å². The van der Waals surface area contributed by atoms with Crippen molar-refractivity contribution in [3.05, 3.63) is 0 Å². The van der Waals surface area contributed by atoms with Crippen LogP contribution in [0, 0.1) is 11.8 Å². The van der Waals surface area contributed by atoms with Gasteiger partial charge in [0.2, 0.25) is 0 Å². The van der Waals surface area contributed by atoms with Gasteiger partial charge in [0.1, 0.15) is 19.3 Å². The first-order valence-electron chi connectivity index (χ1n) is 48.0. The van der Waals surface area contributed by atoms with Crippen LogP contribution in [0.1, 0.15) is 504 Å². The summed E-state index contributed by atoms with van der Waals surface area (Å²) >= 11 is 0. The van der Waals surface area contributed by atoms with Crippen LogP contribution in [0.3, 0.4) is 0 Å². The highest BCUT2D eigenvalue weighted by molar-refractivity contribution is 7.47. The number of aliphatic hydroxyl groups is 1. The number of rotatable bonds is 92. The molecule has 0 bridgehead atoms. The molecular weight excluding hydrogens is 1450 g/mol. The number of carbonyl (C=O) groups excluding carboxylic acids is 4. The van der Waals surface area contributed by atoms with Crippen molar-refractivity contribution in [3.8, 4) is 0 Å². The number of phosphoric ester groups is 2. The second kappa shape index (κ2) is 84.1. The molecule has 0 spiro atoms. The molecule has 112 heavy (non-hydrogen) atoms. The van der Waals surface area contributed by atoms with E-state index in [0.717, 1.165) is 102 Å². The summed E-state index contributed by atoms with van der Waals surface area (Å²) in [5.41, 5.74) is 0. The second-order valence-corrected chi connectivity index (χ2v) is 37.3. The summed E-state index contributed by atoms with van der Waals surface area (Å²) in [4.78, 5) is 73.5. The summed E-state index contributed by atoms with van der Waals surface area (Å²) in [5, 5.41) is 10.7. The first-order valence-corrected chi connectivity index (χ1v) is 51.0. The van der Waals surface area contributed by atoms with Gasteiger partial charge < -0.3 is 33.8 Å². The minimum absolute atomic E-state index is 0.107. The smallest absolute Gasteiger partial charge is 0.462 e. The molecular formula is C93H182O17P2. The molecule has 17 nitrogen and oxygen atoms in total. The number of esters is 4. The zero-order chi connectivity index (χ0) is 82.0. The molecule has 0 saturated heterocycles. The van der Waals surface area contributed by atoms with Crippen molar-refractivity contribution in [3.63, 3.8) is 0 Å². The minimum atomic E-state index is -4.97. The molecule has 2 unspecified atom stereocenters. The highest BCUT2D eigenvalue weighted by Crippen LogP contribution is 2.45. The Labute approximate surface area is 689 Å². The summed E-state index contributed by atoms with van der Waals surface area (Å²) in [6.07, 6.45) is 79.4. The fraction of sp³-hybridized carbons (Fsp3) is 0.957. The van der Waals surface area contributed by atoms with E-state index in [4.69, 9.17) is 37.0 Å². The standard InChI is InChI=1S/C93H182O17P2/c1-7-9-11-13-15-17-19-21-23-25-27-29-31-33-35-37-41-45-51-57-63-69-75-90(95)103-81-88(109-92(97)77-71-65-59-52-46-42-38-36-34-32-30-28-26-24-22-20-18-16-14-12-10-8-2)83-107-111(99,100)105-79-87(94)80-106-112(101,102)108-84-89(82-104-91(96)76-70-64-58-54-48-50-56-62-68-74-86(5)6)110-93(98)78-72-66-60-53-47-43-39-40-44-49-55-61-67-73-85(3)4/h85-89,94H,7-84H2,1-6H3,(H,99,100)(H,101,102)/t87-,88-,89-/m1/s1. The third-order valence-electron chi connectivity index (χ3n) is 22.0. The molecule has 0 aliphatic heterocycles. The summed E-state index contributed by atoms with van der Waals surface area (Å²) in [5.74, 6) is -0.566. The Bertz CT molecular complexity index is 2130. The number of phosphoric acid groups is 2. The van der Waals surface area contributed by atoms with E-state index < -0.39 is 97.5 Å².